The molecule has 2 atom stereocenters. The van der Waals surface area contributed by atoms with Gasteiger partial charge in [-0.1, -0.05) is 145 Å². The standard InChI is InChI=1S/C44H36/c1-2-14-32-28-43-33(27-31(32)13-1)24-26-42(44(43)41-22-9-15-29-11-3-6-17-35(29)41)39-19-8-7-18-37(39)38-21-10-20-36-34-16-5-4-12-30(34)23-25-40(36)38/h3-12,15-23,25-26,28,31,33H,1-2,13-14,24,27H2/i1D2,2D2,13D2,14D2,24D2,26D,27D2,31D,33D. The van der Waals surface area contributed by atoms with Crippen molar-refractivity contribution < 1.29 is 20.6 Å². The Hall–Kier alpha value is -4.68. The number of allylic oxidation sites excluding steroid dienone is 6. The summed E-state index contributed by atoms with van der Waals surface area (Å²) in [6.07, 6.45) is -21.3. The van der Waals surface area contributed by atoms with Crippen molar-refractivity contribution in [3.8, 4) is 11.1 Å². The highest BCUT2D eigenvalue weighted by Gasteiger charge is 2.34. The third-order valence-corrected chi connectivity index (χ3v) is 8.69. The average Bonchev–Trinajstić information content (AvgIpc) is 3.20. The zero-order valence-electron chi connectivity index (χ0n) is 38.6. The van der Waals surface area contributed by atoms with E-state index in [2.05, 4.69) is 0 Å². The van der Waals surface area contributed by atoms with Crippen LogP contribution < -0.4 is 0 Å². The highest BCUT2D eigenvalue weighted by atomic mass is 14.4. The van der Waals surface area contributed by atoms with Gasteiger partial charge < -0.3 is 0 Å². The molecule has 0 bridgehead atoms. The van der Waals surface area contributed by atoms with E-state index in [0.717, 1.165) is 33.2 Å². The molecule has 6 aromatic rings. The molecule has 0 amide bonds. The van der Waals surface area contributed by atoms with E-state index < -0.39 is 67.2 Å². The van der Waals surface area contributed by atoms with Crippen molar-refractivity contribution in [3.05, 3.63) is 156 Å². The SMILES string of the molecule is [2H]C1=C(c2ccccc2-c2cccc3c2ccc2ccccc23)C(c2cccc3ccccc23)=C2C=C3C([2H])([2H])C([2H])([2H])C([2H])([2H])C([2H])([2H])C3([2H])C([2H])([2H])C2([2H])C1([2H])[2H]. The van der Waals surface area contributed by atoms with Gasteiger partial charge in [0.25, 0.3) is 0 Å². The van der Waals surface area contributed by atoms with Gasteiger partial charge in [0.05, 0.1) is 1.37 Å². The van der Waals surface area contributed by atoms with E-state index in [1.165, 1.54) is 0 Å². The highest BCUT2D eigenvalue weighted by molar-refractivity contribution is 6.17. The summed E-state index contributed by atoms with van der Waals surface area (Å²) in [6.45, 7) is 0. The van der Waals surface area contributed by atoms with Crippen LogP contribution in [0.1, 0.15) is 69.9 Å². The van der Waals surface area contributed by atoms with E-state index in [1.807, 2.05) is 72.8 Å². The molecule has 0 radical (unpaired) electrons. The largest absolute Gasteiger partial charge is 0.0754 e. The van der Waals surface area contributed by atoms with Gasteiger partial charge in [0.2, 0.25) is 0 Å². The average molecular weight is 580 g/mol. The predicted molar refractivity (Wildman–Crippen MR) is 188 cm³/mol. The van der Waals surface area contributed by atoms with Gasteiger partial charge in [-0.2, -0.15) is 0 Å². The highest BCUT2D eigenvalue weighted by Crippen LogP contribution is 2.52. The van der Waals surface area contributed by atoms with Crippen molar-refractivity contribution in [2.24, 2.45) is 11.8 Å². The minimum atomic E-state index is -3.86. The Bertz CT molecular complexity index is 2900. The van der Waals surface area contributed by atoms with Gasteiger partial charge in [-0.25, -0.2) is 0 Å². The van der Waals surface area contributed by atoms with E-state index in [0.29, 0.717) is 27.5 Å². The second kappa shape index (κ2) is 10.5. The van der Waals surface area contributed by atoms with Crippen LogP contribution in [-0.4, -0.2) is 0 Å². The lowest BCUT2D eigenvalue weighted by Crippen LogP contribution is -2.23. The maximum Gasteiger partial charge on any atom is 0.0583 e. The van der Waals surface area contributed by atoms with Crippen molar-refractivity contribution in [1.82, 2.24) is 0 Å². The summed E-state index contributed by atoms with van der Waals surface area (Å²) >= 11 is 0. The maximum absolute atomic E-state index is 10.1. The second-order valence-electron chi connectivity index (χ2n) is 11.1. The van der Waals surface area contributed by atoms with Gasteiger partial charge in [-0.15, -0.1) is 0 Å². The summed E-state index contributed by atoms with van der Waals surface area (Å²) in [7, 11) is 0. The predicted octanol–water partition coefficient (Wildman–Crippen LogP) is 12.2. The van der Waals surface area contributed by atoms with Crippen LogP contribution in [-0.2, 0) is 0 Å². The van der Waals surface area contributed by atoms with E-state index >= 15 is 0 Å². The fourth-order valence-electron chi connectivity index (χ4n) is 6.69. The molecule has 0 nitrogen and oxygen atoms in total. The van der Waals surface area contributed by atoms with Gasteiger partial charge >= 0.3 is 0 Å². The molecule has 0 aliphatic heterocycles. The minimum Gasteiger partial charge on any atom is -0.0754 e. The lowest BCUT2D eigenvalue weighted by molar-refractivity contribution is 0.364. The van der Waals surface area contributed by atoms with Crippen LogP contribution >= 0.6 is 0 Å². The van der Waals surface area contributed by atoms with Crippen LogP contribution in [0.15, 0.2) is 145 Å². The fraction of sp³-hybridized carbons (Fsp3) is 0.182. The molecule has 3 aliphatic carbocycles. The molecule has 1 fully saturated rings. The summed E-state index contributed by atoms with van der Waals surface area (Å²) in [6, 6.07) is 36.2. The Morgan fingerprint density at radius 2 is 1.25 bits per heavy atom. The quantitative estimate of drug-likeness (QED) is 0.183. The Labute approximate surface area is 281 Å². The number of hydrogen-bond donors (Lipinski definition) is 0. The summed E-state index contributed by atoms with van der Waals surface area (Å²) in [5.41, 5.74) is 0.207. The van der Waals surface area contributed by atoms with Crippen LogP contribution in [0.5, 0.6) is 0 Å². The third-order valence-electron chi connectivity index (χ3n) is 8.69. The summed E-state index contributed by atoms with van der Waals surface area (Å²) < 4.78 is 139. The minimum absolute atomic E-state index is 0.0426. The normalized spacial score (nSPS) is 35.4. The van der Waals surface area contributed by atoms with Crippen molar-refractivity contribution in [3.63, 3.8) is 0 Å². The number of rotatable bonds is 3. The molecule has 0 aromatic heterocycles. The van der Waals surface area contributed by atoms with Crippen LogP contribution in [0.2, 0.25) is 0 Å². The van der Waals surface area contributed by atoms with Crippen molar-refractivity contribution in [1.29, 1.82) is 0 Å². The lowest BCUT2D eigenvalue weighted by Gasteiger charge is -2.38. The van der Waals surface area contributed by atoms with E-state index in [9.17, 15) is 9.60 Å². The molecule has 0 N–H and O–H groups in total. The Balaban J connectivity index is 1.47. The Morgan fingerprint density at radius 3 is 2.16 bits per heavy atom. The van der Waals surface area contributed by atoms with Crippen LogP contribution in [0.3, 0.4) is 0 Å². The first-order chi connectivity index (χ1) is 27.5. The number of fused-ring (bicyclic) bond motifs is 6. The van der Waals surface area contributed by atoms with Gasteiger partial charge in [-0.3, -0.25) is 0 Å². The molecular weight excluding hydrogens is 528 g/mol. The molecule has 0 heteroatoms. The number of hydrogen-bond acceptors (Lipinski definition) is 0. The molecule has 0 heterocycles. The topological polar surface area (TPSA) is 0 Å². The van der Waals surface area contributed by atoms with Gasteiger partial charge in [0.15, 0.2) is 0 Å². The first kappa shape index (κ1) is 14.9. The molecule has 3 aliphatic rings. The smallest absolute Gasteiger partial charge is 0.0583 e. The first-order valence-electron chi connectivity index (χ1n) is 22.2. The maximum atomic E-state index is 10.1. The molecule has 44 heavy (non-hydrogen) atoms. The van der Waals surface area contributed by atoms with Crippen molar-refractivity contribution >= 4 is 43.5 Å². The van der Waals surface area contributed by atoms with E-state index in [4.69, 9.17) is 11.0 Å². The number of benzene rings is 6. The Morgan fingerprint density at radius 1 is 0.568 bits per heavy atom. The molecule has 1 saturated carbocycles. The zero-order chi connectivity index (χ0) is 42.5. The first-order valence-corrected chi connectivity index (χ1v) is 14.7. The Kier molecular flexibility index (Phi) is 3.55. The molecule has 2 unspecified atom stereocenters. The molecule has 9 rings (SSSR count). The van der Waals surface area contributed by atoms with Crippen LogP contribution in [0.4, 0.5) is 0 Å². The van der Waals surface area contributed by atoms with Gasteiger partial charge in [0, 0.05) is 19.2 Å². The zero-order valence-corrected chi connectivity index (χ0v) is 23.6. The summed E-state index contributed by atoms with van der Waals surface area (Å²) in [5.74, 6) is -7.10. The lowest BCUT2D eigenvalue weighted by atomic mass is 9.66. The van der Waals surface area contributed by atoms with E-state index in [-0.39, 0.29) is 11.1 Å². The summed E-state index contributed by atoms with van der Waals surface area (Å²) in [4.78, 5) is 0. The summed E-state index contributed by atoms with van der Waals surface area (Å²) in [5, 5.41) is 5.05. The molecule has 212 valence electrons. The van der Waals surface area contributed by atoms with Gasteiger partial charge in [-0.05, 0) is 115 Å². The van der Waals surface area contributed by atoms with Crippen LogP contribution in [0, 0.1) is 11.8 Å². The molecule has 0 spiro atoms. The van der Waals surface area contributed by atoms with Gasteiger partial charge in [0.1, 0.15) is 0 Å². The second-order valence-corrected chi connectivity index (χ2v) is 11.1. The fourth-order valence-corrected chi connectivity index (χ4v) is 6.69. The van der Waals surface area contributed by atoms with E-state index in [1.54, 1.807) is 48.5 Å². The molecular formula is C44H36. The molecule has 0 saturated heterocycles. The van der Waals surface area contributed by atoms with Crippen molar-refractivity contribution in [2.75, 3.05) is 0 Å². The van der Waals surface area contributed by atoms with Crippen LogP contribution in [0.25, 0.3) is 54.6 Å². The monoisotopic (exact) mass is 579 g/mol. The molecule has 6 aromatic carbocycles. The van der Waals surface area contributed by atoms with Crippen molar-refractivity contribution in [2.45, 2.75) is 38.2 Å². The third kappa shape index (κ3) is 4.12.